The molecule has 0 spiro atoms. The first-order valence-electron chi connectivity index (χ1n) is 10.4. The summed E-state index contributed by atoms with van der Waals surface area (Å²) in [6, 6.07) is 8.12. The van der Waals surface area contributed by atoms with E-state index in [1.54, 1.807) is 0 Å². The highest BCUT2D eigenvalue weighted by Gasteiger charge is 2.25. The van der Waals surface area contributed by atoms with E-state index >= 15 is 0 Å². The summed E-state index contributed by atoms with van der Waals surface area (Å²) in [6.45, 7) is 2.57. The van der Waals surface area contributed by atoms with Crippen LogP contribution in [0, 0.1) is 0 Å². The number of para-hydroxylation sites is 1. The minimum absolute atomic E-state index is 0.128. The number of aromatic nitrogens is 4. The maximum absolute atomic E-state index is 12.6. The van der Waals surface area contributed by atoms with Crippen molar-refractivity contribution in [1.82, 2.24) is 24.5 Å². The maximum atomic E-state index is 12.6. The molecule has 0 atom stereocenters. The summed E-state index contributed by atoms with van der Waals surface area (Å²) in [4.78, 5) is 19.5. The quantitative estimate of drug-likeness (QED) is 0.614. The fraction of sp³-hybridized carbons (Fsp3) is 0.524. The predicted octanol–water partition coefficient (Wildman–Crippen LogP) is 3.28. The van der Waals surface area contributed by atoms with Crippen molar-refractivity contribution in [2.75, 3.05) is 32.1 Å². The molecule has 0 bridgehead atoms. The number of hydrogen-bond donors (Lipinski definition) is 0. The highest BCUT2D eigenvalue weighted by Crippen LogP contribution is 2.35. The molecule has 1 amide bonds. The first-order valence-corrected chi connectivity index (χ1v) is 11.4. The predicted molar refractivity (Wildman–Crippen MR) is 112 cm³/mol. The van der Waals surface area contributed by atoms with Crippen LogP contribution in [0.3, 0.4) is 0 Å². The van der Waals surface area contributed by atoms with Crippen LogP contribution in [-0.2, 0) is 9.53 Å². The van der Waals surface area contributed by atoms with Crippen molar-refractivity contribution in [1.29, 1.82) is 0 Å². The van der Waals surface area contributed by atoms with E-state index in [1.165, 1.54) is 31.0 Å². The molecule has 1 saturated heterocycles. The van der Waals surface area contributed by atoms with E-state index in [1.807, 2.05) is 29.2 Å². The molecule has 152 valence electrons. The van der Waals surface area contributed by atoms with Crippen molar-refractivity contribution in [3.63, 3.8) is 0 Å². The fourth-order valence-corrected chi connectivity index (χ4v) is 5.19. The summed E-state index contributed by atoms with van der Waals surface area (Å²) in [5, 5.41) is 10.7. The van der Waals surface area contributed by atoms with Crippen LogP contribution in [0.1, 0.15) is 43.8 Å². The molecule has 0 unspecified atom stereocenters. The third kappa shape index (κ3) is 3.71. The van der Waals surface area contributed by atoms with Gasteiger partial charge in [0.1, 0.15) is 5.82 Å². The lowest BCUT2D eigenvalue weighted by atomic mass is 9.88. The van der Waals surface area contributed by atoms with E-state index in [2.05, 4.69) is 14.6 Å². The SMILES string of the molecule is O=C(CSc1nnc2c3ccccc3nc(C3CCCCC3)n12)N1CCOCC1. The van der Waals surface area contributed by atoms with Gasteiger partial charge in [0.05, 0.1) is 24.5 Å². The van der Waals surface area contributed by atoms with Crippen molar-refractivity contribution < 1.29 is 9.53 Å². The van der Waals surface area contributed by atoms with E-state index in [0.29, 0.717) is 38.0 Å². The Morgan fingerprint density at radius 1 is 1.10 bits per heavy atom. The maximum Gasteiger partial charge on any atom is 0.233 e. The Balaban J connectivity index is 1.50. The van der Waals surface area contributed by atoms with Gasteiger partial charge in [-0.25, -0.2) is 4.98 Å². The van der Waals surface area contributed by atoms with Gasteiger partial charge in [-0.1, -0.05) is 43.2 Å². The molecule has 0 radical (unpaired) electrons. The van der Waals surface area contributed by atoms with Crippen LogP contribution in [0.2, 0.25) is 0 Å². The molecule has 3 heterocycles. The average molecular weight is 412 g/mol. The topological polar surface area (TPSA) is 72.6 Å². The standard InChI is InChI=1S/C21H25N5O2S/c27-18(25-10-12-28-13-11-25)14-29-21-24-23-20-16-8-4-5-9-17(16)22-19(26(20)21)15-6-2-1-3-7-15/h4-5,8-9,15H,1-3,6-7,10-14H2. The molecule has 2 aliphatic rings. The Morgan fingerprint density at radius 2 is 1.90 bits per heavy atom. The number of hydrogen-bond acceptors (Lipinski definition) is 6. The van der Waals surface area contributed by atoms with Crippen molar-refractivity contribution >= 4 is 34.2 Å². The van der Waals surface area contributed by atoms with E-state index < -0.39 is 0 Å². The van der Waals surface area contributed by atoms with Gasteiger partial charge in [0, 0.05) is 24.4 Å². The summed E-state index contributed by atoms with van der Waals surface area (Å²) >= 11 is 1.46. The Labute approximate surface area is 173 Å². The van der Waals surface area contributed by atoms with Crippen molar-refractivity contribution in [2.45, 2.75) is 43.2 Å². The molecule has 1 aliphatic heterocycles. The highest BCUT2D eigenvalue weighted by molar-refractivity contribution is 7.99. The number of amides is 1. The lowest BCUT2D eigenvalue weighted by Crippen LogP contribution is -2.41. The van der Waals surface area contributed by atoms with Crippen LogP contribution >= 0.6 is 11.8 Å². The van der Waals surface area contributed by atoms with Gasteiger partial charge in [-0.15, -0.1) is 10.2 Å². The molecule has 1 aliphatic carbocycles. The smallest absolute Gasteiger partial charge is 0.233 e. The molecular formula is C21H25N5O2S. The van der Waals surface area contributed by atoms with Crippen LogP contribution in [0.25, 0.3) is 16.6 Å². The number of benzene rings is 1. The number of nitrogens with zero attached hydrogens (tertiary/aromatic N) is 5. The van der Waals surface area contributed by atoms with E-state index in [4.69, 9.17) is 9.72 Å². The summed E-state index contributed by atoms with van der Waals surface area (Å²) in [7, 11) is 0. The lowest BCUT2D eigenvalue weighted by molar-refractivity contribution is -0.132. The van der Waals surface area contributed by atoms with Gasteiger partial charge in [-0.3, -0.25) is 9.20 Å². The lowest BCUT2D eigenvalue weighted by Gasteiger charge is -2.26. The van der Waals surface area contributed by atoms with Crippen molar-refractivity contribution in [3.8, 4) is 0 Å². The highest BCUT2D eigenvalue weighted by atomic mass is 32.2. The van der Waals surface area contributed by atoms with Gasteiger partial charge in [-0.05, 0) is 25.0 Å². The second-order valence-corrected chi connectivity index (χ2v) is 8.69. The van der Waals surface area contributed by atoms with Crippen molar-refractivity contribution in [2.24, 2.45) is 0 Å². The molecule has 1 aromatic carbocycles. The molecule has 3 aromatic rings. The number of ether oxygens (including phenoxy) is 1. The molecule has 0 N–H and O–H groups in total. The van der Waals surface area contributed by atoms with Gasteiger partial charge in [0.25, 0.3) is 0 Å². The number of carbonyl (C=O) groups excluding carboxylic acids is 1. The second kappa shape index (κ2) is 8.28. The number of carbonyl (C=O) groups is 1. The molecule has 1 saturated carbocycles. The van der Waals surface area contributed by atoms with Crippen molar-refractivity contribution in [3.05, 3.63) is 30.1 Å². The number of rotatable bonds is 4. The monoisotopic (exact) mass is 411 g/mol. The largest absolute Gasteiger partial charge is 0.378 e. The van der Waals surface area contributed by atoms with Crippen LogP contribution in [0.15, 0.2) is 29.4 Å². The normalized spacial score (nSPS) is 18.6. The molecular weight excluding hydrogens is 386 g/mol. The van der Waals surface area contributed by atoms with Gasteiger partial charge < -0.3 is 9.64 Å². The molecule has 5 rings (SSSR count). The zero-order valence-corrected chi connectivity index (χ0v) is 17.2. The summed E-state index contributed by atoms with van der Waals surface area (Å²) in [5.74, 6) is 1.95. The van der Waals surface area contributed by atoms with E-state index in [-0.39, 0.29) is 5.91 Å². The molecule has 2 aromatic heterocycles. The third-order valence-electron chi connectivity index (χ3n) is 5.90. The zero-order valence-electron chi connectivity index (χ0n) is 16.4. The van der Waals surface area contributed by atoms with E-state index in [0.717, 1.165) is 40.4 Å². The van der Waals surface area contributed by atoms with Crippen LogP contribution in [0.4, 0.5) is 0 Å². The first kappa shape index (κ1) is 18.8. The average Bonchev–Trinajstić information content (AvgIpc) is 3.22. The molecule has 29 heavy (non-hydrogen) atoms. The Bertz CT molecular complexity index is 1020. The van der Waals surface area contributed by atoms with Gasteiger partial charge in [0.2, 0.25) is 5.91 Å². The minimum Gasteiger partial charge on any atom is -0.378 e. The van der Waals surface area contributed by atoms with Crippen LogP contribution in [-0.4, -0.2) is 62.4 Å². The second-order valence-electron chi connectivity index (χ2n) is 7.75. The number of thioether (sulfide) groups is 1. The van der Waals surface area contributed by atoms with Crippen LogP contribution in [0.5, 0.6) is 0 Å². The summed E-state index contributed by atoms with van der Waals surface area (Å²) in [6.07, 6.45) is 6.07. The molecule has 8 heteroatoms. The first-order chi connectivity index (χ1) is 14.3. The van der Waals surface area contributed by atoms with Gasteiger partial charge >= 0.3 is 0 Å². The van der Waals surface area contributed by atoms with Gasteiger partial charge in [-0.2, -0.15) is 0 Å². The Hall–Kier alpha value is -2.19. The van der Waals surface area contributed by atoms with Gasteiger partial charge in [0.15, 0.2) is 10.8 Å². The number of fused-ring (bicyclic) bond motifs is 3. The third-order valence-corrected chi connectivity index (χ3v) is 6.81. The fourth-order valence-electron chi connectivity index (χ4n) is 4.34. The minimum atomic E-state index is 0.128. The summed E-state index contributed by atoms with van der Waals surface area (Å²) in [5.41, 5.74) is 1.81. The number of morpholine rings is 1. The molecule has 7 nitrogen and oxygen atoms in total. The van der Waals surface area contributed by atoms with Crippen LogP contribution < -0.4 is 0 Å². The van der Waals surface area contributed by atoms with E-state index in [9.17, 15) is 4.79 Å². The molecule has 2 fully saturated rings. The Kier molecular flexibility index (Phi) is 5.37. The Morgan fingerprint density at radius 3 is 2.72 bits per heavy atom. The zero-order chi connectivity index (χ0) is 19.6. The summed E-state index contributed by atoms with van der Waals surface area (Å²) < 4.78 is 7.45.